The molecule has 0 bridgehead atoms. The number of benzene rings is 1. The normalized spacial score (nSPS) is 10.3. The minimum atomic E-state index is -0.480. The number of carbonyl (C=O) groups is 1. The van der Waals surface area contributed by atoms with E-state index in [9.17, 15) is 9.18 Å². The summed E-state index contributed by atoms with van der Waals surface area (Å²) in [4.78, 5) is 24.2. The molecule has 0 atom stereocenters. The number of rotatable bonds is 5. The van der Waals surface area contributed by atoms with Crippen LogP contribution in [0.3, 0.4) is 0 Å². The van der Waals surface area contributed by atoms with E-state index in [0.29, 0.717) is 17.1 Å². The Morgan fingerprint density at radius 1 is 1.15 bits per heavy atom. The number of amides is 1. The summed E-state index contributed by atoms with van der Waals surface area (Å²) in [6.45, 7) is 0. The van der Waals surface area contributed by atoms with Gasteiger partial charge in [0.1, 0.15) is 11.4 Å². The van der Waals surface area contributed by atoms with Crippen LogP contribution in [0, 0.1) is 5.82 Å². The van der Waals surface area contributed by atoms with E-state index in [1.807, 2.05) is 0 Å². The van der Waals surface area contributed by atoms with E-state index in [-0.39, 0.29) is 22.5 Å². The van der Waals surface area contributed by atoms with Gasteiger partial charge in [-0.25, -0.2) is 9.37 Å². The summed E-state index contributed by atoms with van der Waals surface area (Å²) < 4.78 is 18.1. The minimum Gasteiger partial charge on any atom is -0.480 e. The molecular formula is C17H13ClFN5O2. The average Bonchev–Trinajstić information content (AvgIpc) is 2.65. The lowest BCUT2D eigenvalue weighted by Gasteiger charge is -2.13. The number of nitrogens with one attached hydrogen (secondary N) is 2. The molecule has 0 aliphatic rings. The van der Waals surface area contributed by atoms with Gasteiger partial charge in [-0.2, -0.15) is 4.98 Å². The van der Waals surface area contributed by atoms with Crippen molar-refractivity contribution in [3.63, 3.8) is 0 Å². The molecule has 26 heavy (non-hydrogen) atoms. The van der Waals surface area contributed by atoms with Crippen molar-refractivity contribution in [3.05, 3.63) is 65.6 Å². The third-order valence-corrected chi connectivity index (χ3v) is 3.54. The van der Waals surface area contributed by atoms with E-state index >= 15 is 0 Å². The van der Waals surface area contributed by atoms with Gasteiger partial charge in [0.05, 0.1) is 24.7 Å². The Hall–Kier alpha value is -3.26. The number of pyridine rings is 1. The Morgan fingerprint density at radius 2 is 1.92 bits per heavy atom. The summed E-state index contributed by atoms with van der Waals surface area (Å²) in [6, 6.07) is 7.42. The largest absolute Gasteiger partial charge is 0.480 e. The number of nitrogens with zero attached hydrogens (tertiary/aromatic N) is 3. The molecule has 0 saturated carbocycles. The van der Waals surface area contributed by atoms with Crippen molar-refractivity contribution in [1.29, 1.82) is 0 Å². The monoisotopic (exact) mass is 373 g/mol. The van der Waals surface area contributed by atoms with Gasteiger partial charge in [-0.15, -0.1) is 0 Å². The second kappa shape index (κ2) is 7.75. The van der Waals surface area contributed by atoms with Crippen LogP contribution in [0.1, 0.15) is 10.4 Å². The quantitative estimate of drug-likeness (QED) is 0.663. The summed E-state index contributed by atoms with van der Waals surface area (Å²) in [7, 11) is 1.38. The molecule has 0 aliphatic carbocycles. The van der Waals surface area contributed by atoms with Crippen LogP contribution in [0.4, 0.5) is 21.5 Å². The third kappa shape index (κ3) is 4.04. The number of halogens is 2. The van der Waals surface area contributed by atoms with E-state index in [1.54, 1.807) is 18.2 Å². The molecule has 9 heteroatoms. The number of hydrogen-bond acceptors (Lipinski definition) is 6. The molecule has 2 aromatic heterocycles. The summed E-state index contributed by atoms with van der Waals surface area (Å²) in [5, 5.41) is 5.77. The molecule has 0 saturated heterocycles. The van der Waals surface area contributed by atoms with Crippen LogP contribution < -0.4 is 15.4 Å². The van der Waals surface area contributed by atoms with Gasteiger partial charge in [0, 0.05) is 18.1 Å². The second-order valence-electron chi connectivity index (χ2n) is 5.07. The number of hydrogen-bond donors (Lipinski definition) is 2. The molecule has 2 N–H and O–H groups in total. The van der Waals surface area contributed by atoms with Gasteiger partial charge < -0.3 is 15.4 Å². The van der Waals surface area contributed by atoms with Gasteiger partial charge in [0.25, 0.3) is 5.91 Å². The van der Waals surface area contributed by atoms with Crippen molar-refractivity contribution >= 4 is 34.6 Å². The highest BCUT2D eigenvalue weighted by Crippen LogP contribution is 2.26. The fourth-order valence-electron chi connectivity index (χ4n) is 2.14. The molecule has 7 nitrogen and oxygen atoms in total. The van der Waals surface area contributed by atoms with Gasteiger partial charge in [-0.05, 0) is 41.9 Å². The molecule has 2 heterocycles. The van der Waals surface area contributed by atoms with Crippen molar-refractivity contribution in [2.24, 2.45) is 0 Å². The summed E-state index contributed by atoms with van der Waals surface area (Å²) in [5.41, 5.74) is 1.76. The van der Waals surface area contributed by atoms with Crippen molar-refractivity contribution < 1.29 is 13.9 Å². The molecule has 0 spiro atoms. The molecule has 1 aromatic carbocycles. The van der Waals surface area contributed by atoms with Crippen LogP contribution in [-0.4, -0.2) is 28.0 Å². The van der Waals surface area contributed by atoms with Crippen molar-refractivity contribution in [2.75, 3.05) is 17.7 Å². The Kier molecular flexibility index (Phi) is 5.23. The lowest BCUT2D eigenvalue weighted by atomic mass is 10.2. The fourth-order valence-corrected chi connectivity index (χ4v) is 2.26. The zero-order valence-corrected chi connectivity index (χ0v) is 14.3. The van der Waals surface area contributed by atoms with Gasteiger partial charge in [-0.3, -0.25) is 9.78 Å². The maximum Gasteiger partial charge on any atom is 0.262 e. The maximum atomic E-state index is 13.0. The molecule has 0 unspecified atom stereocenters. The van der Waals surface area contributed by atoms with E-state index in [2.05, 4.69) is 25.6 Å². The summed E-state index contributed by atoms with van der Waals surface area (Å²) >= 11 is 5.71. The van der Waals surface area contributed by atoms with Crippen LogP contribution in [0.25, 0.3) is 0 Å². The average molecular weight is 374 g/mol. The number of aromatic nitrogens is 3. The first-order chi connectivity index (χ1) is 12.6. The van der Waals surface area contributed by atoms with E-state index in [4.69, 9.17) is 16.3 Å². The zero-order chi connectivity index (χ0) is 18.5. The second-order valence-corrected chi connectivity index (χ2v) is 5.41. The van der Waals surface area contributed by atoms with E-state index in [1.165, 1.54) is 37.8 Å². The number of methoxy groups -OCH3 is 1. The van der Waals surface area contributed by atoms with Crippen molar-refractivity contribution in [3.8, 4) is 5.88 Å². The van der Waals surface area contributed by atoms with Crippen LogP contribution in [-0.2, 0) is 0 Å². The molecule has 0 fully saturated rings. The predicted molar refractivity (Wildman–Crippen MR) is 95.5 cm³/mol. The SMILES string of the molecule is COc1nc(Cl)ncc1C(=O)Nc1ccncc1Nc1ccc(F)cc1. The molecule has 0 aliphatic heterocycles. The van der Waals surface area contributed by atoms with Gasteiger partial charge >= 0.3 is 0 Å². The van der Waals surface area contributed by atoms with Crippen LogP contribution >= 0.6 is 11.6 Å². The Balaban J connectivity index is 1.84. The first kappa shape index (κ1) is 17.6. The third-order valence-electron chi connectivity index (χ3n) is 3.35. The van der Waals surface area contributed by atoms with E-state index in [0.717, 1.165) is 0 Å². The highest BCUT2D eigenvalue weighted by Gasteiger charge is 2.16. The van der Waals surface area contributed by atoms with E-state index < -0.39 is 5.91 Å². The number of ether oxygens (including phenoxy) is 1. The standard InChI is InChI=1S/C17H13ClFN5O2/c1-26-16-12(8-21-17(18)24-16)15(25)23-13-6-7-20-9-14(13)22-11-4-2-10(19)3-5-11/h2-9,22H,1H3,(H,20,23,25). The van der Waals surface area contributed by atoms with Gasteiger partial charge in [-0.1, -0.05) is 0 Å². The molecule has 1 amide bonds. The minimum absolute atomic E-state index is 0.0269. The van der Waals surface area contributed by atoms with Crippen molar-refractivity contribution in [2.45, 2.75) is 0 Å². The van der Waals surface area contributed by atoms with Gasteiger partial charge in [0.2, 0.25) is 11.2 Å². The zero-order valence-electron chi connectivity index (χ0n) is 13.5. The Bertz CT molecular complexity index is 937. The molecule has 0 radical (unpaired) electrons. The smallest absolute Gasteiger partial charge is 0.262 e. The highest BCUT2D eigenvalue weighted by atomic mass is 35.5. The highest BCUT2D eigenvalue weighted by molar-refractivity contribution is 6.28. The molecular weight excluding hydrogens is 361 g/mol. The van der Waals surface area contributed by atoms with Crippen molar-refractivity contribution in [1.82, 2.24) is 15.0 Å². The Morgan fingerprint density at radius 3 is 2.65 bits per heavy atom. The summed E-state index contributed by atoms with van der Waals surface area (Å²) in [6.07, 6.45) is 4.34. The number of carbonyl (C=O) groups excluding carboxylic acids is 1. The molecule has 3 aromatic rings. The van der Waals surface area contributed by atoms with Crippen LogP contribution in [0.5, 0.6) is 5.88 Å². The molecule has 132 valence electrons. The number of anilines is 3. The molecule has 3 rings (SSSR count). The lowest BCUT2D eigenvalue weighted by molar-refractivity contribution is 0.102. The first-order valence-corrected chi connectivity index (χ1v) is 7.79. The lowest BCUT2D eigenvalue weighted by Crippen LogP contribution is -2.15. The maximum absolute atomic E-state index is 13.0. The summed E-state index contributed by atoms with van der Waals surface area (Å²) in [5.74, 6) is -0.762. The first-order valence-electron chi connectivity index (χ1n) is 7.41. The predicted octanol–water partition coefficient (Wildman–Crippen LogP) is 3.67. The topological polar surface area (TPSA) is 89.0 Å². The van der Waals surface area contributed by atoms with Crippen LogP contribution in [0.15, 0.2) is 48.9 Å². The fraction of sp³-hybridized carbons (Fsp3) is 0.0588. The Labute approximate surface area is 153 Å². The van der Waals surface area contributed by atoms with Gasteiger partial charge in [0.15, 0.2) is 0 Å². The van der Waals surface area contributed by atoms with Crippen LogP contribution in [0.2, 0.25) is 5.28 Å².